The fourth-order valence-corrected chi connectivity index (χ4v) is 3.68. The molecular formula is C23H30ClNO4. The van der Waals surface area contributed by atoms with Crippen LogP contribution in [0.5, 0.6) is 11.5 Å². The molecule has 0 fully saturated rings. The summed E-state index contributed by atoms with van der Waals surface area (Å²) in [6.45, 7) is 9.38. The zero-order valence-electron chi connectivity index (χ0n) is 18.1. The van der Waals surface area contributed by atoms with Gasteiger partial charge >= 0.3 is 1.43 Å². The Morgan fingerprint density at radius 3 is 2.52 bits per heavy atom. The van der Waals surface area contributed by atoms with Crippen molar-refractivity contribution in [2.24, 2.45) is 0 Å². The lowest BCUT2D eigenvalue weighted by atomic mass is 9.87. The van der Waals surface area contributed by atoms with Crippen molar-refractivity contribution >= 4 is 5.78 Å². The lowest BCUT2D eigenvalue weighted by Crippen LogP contribution is -3.00. The zero-order valence-corrected chi connectivity index (χ0v) is 17.8. The molecule has 0 bridgehead atoms. The molecule has 0 radical (unpaired) electrons. The second kappa shape index (κ2) is 11.1. The summed E-state index contributed by atoms with van der Waals surface area (Å²) in [5, 5.41) is 3.59. The van der Waals surface area contributed by atoms with E-state index in [0.29, 0.717) is 25.8 Å². The molecule has 2 unspecified atom stereocenters. The quantitative estimate of drug-likeness (QED) is 0.595. The van der Waals surface area contributed by atoms with Crippen molar-refractivity contribution in [3.63, 3.8) is 0 Å². The van der Waals surface area contributed by atoms with Crippen LogP contribution in [-0.2, 0) is 22.4 Å². The Kier molecular flexibility index (Phi) is 8.80. The third kappa shape index (κ3) is 5.87. The van der Waals surface area contributed by atoms with Gasteiger partial charge in [0.05, 0.1) is 19.5 Å². The van der Waals surface area contributed by atoms with E-state index >= 15 is 0 Å². The van der Waals surface area contributed by atoms with Crippen LogP contribution in [0.4, 0.5) is 0 Å². The molecule has 0 spiro atoms. The van der Waals surface area contributed by atoms with Crippen molar-refractivity contribution < 1.29 is 32.8 Å². The molecule has 0 saturated heterocycles. The lowest BCUT2D eigenvalue weighted by molar-refractivity contribution is -0.120. The monoisotopic (exact) mass is 419 g/mol. The van der Waals surface area contributed by atoms with E-state index in [2.05, 4.69) is 24.0 Å². The van der Waals surface area contributed by atoms with Gasteiger partial charge in [0.1, 0.15) is 0 Å². The second-order valence-electron chi connectivity index (χ2n) is 6.96. The second-order valence-corrected chi connectivity index (χ2v) is 6.96. The molecule has 3 rings (SSSR count). The van der Waals surface area contributed by atoms with Gasteiger partial charge in [0.2, 0.25) is 0 Å². The summed E-state index contributed by atoms with van der Waals surface area (Å²) in [6, 6.07) is 4.62. The molecule has 1 aromatic rings. The van der Waals surface area contributed by atoms with E-state index in [0.717, 1.165) is 36.3 Å². The first-order valence-electron chi connectivity index (χ1n) is 9.98. The maximum Gasteiger partial charge on any atom is 1.00 e. The van der Waals surface area contributed by atoms with Crippen molar-refractivity contribution in [3.8, 4) is 11.5 Å². The first-order chi connectivity index (χ1) is 13.6. The summed E-state index contributed by atoms with van der Waals surface area (Å²) in [6.07, 6.45) is 9.13. The molecule has 29 heavy (non-hydrogen) atoms. The Balaban J connectivity index is 0.00000225. The van der Waals surface area contributed by atoms with Gasteiger partial charge in [-0.05, 0) is 74.1 Å². The van der Waals surface area contributed by atoms with Gasteiger partial charge in [-0.15, -0.1) is 0 Å². The number of carbonyl (C=O) groups excluding carboxylic acids is 1. The molecule has 2 aliphatic rings. The van der Waals surface area contributed by atoms with Gasteiger partial charge < -0.3 is 31.9 Å². The van der Waals surface area contributed by atoms with Crippen molar-refractivity contribution in [1.29, 1.82) is 0 Å². The average molecular weight is 420 g/mol. The van der Waals surface area contributed by atoms with Crippen LogP contribution in [0.2, 0.25) is 0 Å². The Labute approximate surface area is 180 Å². The summed E-state index contributed by atoms with van der Waals surface area (Å²) >= 11 is 0. The average Bonchev–Trinajstić information content (AvgIpc) is 2.69. The number of hydrogen-bond acceptors (Lipinski definition) is 5. The van der Waals surface area contributed by atoms with Crippen molar-refractivity contribution in [1.82, 2.24) is 5.32 Å². The Bertz CT molecular complexity index is 794. The SMILES string of the molecule is C=COC1C=CC(CNC2CCc3cc(OCC)c(OCC)cc3C2)=CC1=O.[Cl-].[H+]. The number of ether oxygens (including phenoxy) is 3. The topological polar surface area (TPSA) is 56.8 Å². The number of halogens is 1. The largest absolute Gasteiger partial charge is 1.00 e. The minimum Gasteiger partial charge on any atom is -1.00 e. The van der Waals surface area contributed by atoms with Crippen LogP contribution < -0.4 is 27.2 Å². The summed E-state index contributed by atoms with van der Waals surface area (Å²) < 4.78 is 16.7. The highest BCUT2D eigenvalue weighted by molar-refractivity contribution is 5.97. The number of fused-ring (bicyclic) bond motifs is 1. The lowest BCUT2D eigenvalue weighted by Gasteiger charge is -2.27. The van der Waals surface area contributed by atoms with Crippen LogP contribution >= 0.6 is 0 Å². The van der Waals surface area contributed by atoms with Crippen molar-refractivity contribution in [2.45, 2.75) is 45.3 Å². The molecule has 0 saturated carbocycles. The molecule has 6 heteroatoms. The van der Waals surface area contributed by atoms with Gasteiger partial charge in [0.15, 0.2) is 23.4 Å². The van der Waals surface area contributed by atoms with Crippen molar-refractivity contribution in [3.05, 3.63) is 59.9 Å². The van der Waals surface area contributed by atoms with E-state index in [9.17, 15) is 4.79 Å². The third-order valence-corrected chi connectivity index (χ3v) is 5.02. The smallest absolute Gasteiger partial charge is 1.00 e. The normalized spacial score (nSPS) is 20.2. The third-order valence-electron chi connectivity index (χ3n) is 5.02. The van der Waals surface area contributed by atoms with E-state index < -0.39 is 6.10 Å². The molecule has 0 aromatic heterocycles. The van der Waals surface area contributed by atoms with Gasteiger partial charge in [-0.1, -0.05) is 12.7 Å². The molecule has 0 amide bonds. The van der Waals surface area contributed by atoms with Gasteiger partial charge in [-0.25, -0.2) is 0 Å². The fourth-order valence-electron chi connectivity index (χ4n) is 3.68. The minimum atomic E-state index is -0.542. The minimum absolute atomic E-state index is 0. The number of rotatable bonds is 9. The standard InChI is InChI=1S/C23H29NO4.ClH/c1-4-26-21-10-7-16(11-20(21)25)15-24-19-9-8-17-13-22(27-5-2)23(28-6-3)14-18(17)12-19;/h4,7,10-11,13-14,19,21,24H,1,5-6,8-9,12,15H2,2-3H3;1H. The van der Waals surface area contributed by atoms with Gasteiger partial charge in [0, 0.05) is 12.6 Å². The molecule has 5 nitrogen and oxygen atoms in total. The first-order valence-corrected chi connectivity index (χ1v) is 9.98. The molecule has 1 N–H and O–H groups in total. The summed E-state index contributed by atoms with van der Waals surface area (Å²) in [4.78, 5) is 12.0. The van der Waals surface area contributed by atoms with E-state index in [-0.39, 0.29) is 19.6 Å². The first kappa shape index (κ1) is 23.0. The van der Waals surface area contributed by atoms with Gasteiger partial charge in [-0.2, -0.15) is 0 Å². The highest BCUT2D eigenvalue weighted by atomic mass is 35.5. The summed E-state index contributed by atoms with van der Waals surface area (Å²) in [5.74, 6) is 1.61. The van der Waals surface area contributed by atoms with Crippen LogP contribution in [0.25, 0.3) is 0 Å². The summed E-state index contributed by atoms with van der Waals surface area (Å²) in [5.41, 5.74) is 3.61. The van der Waals surface area contributed by atoms with Gasteiger partial charge in [-0.3, -0.25) is 4.79 Å². The van der Waals surface area contributed by atoms with Crippen molar-refractivity contribution in [2.75, 3.05) is 19.8 Å². The Morgan fingerprint density at radius 2 is 1.90 bits per heavy atom. The highest BCUT2D eigenvalue weighted by Gasteiger charge is 2.22. The molecule has 0 aliphatic heterocycles. The predicted octanol–water partition coefficient (Wildman–Crippen LogP) is 0.641. The van der Waals surface area contributed by atoms with Gasteiger partial charge in [0.25, 0.3) is 0 Å². The van der Waals surface area contributed by atoms with Crippen LogP contribution in [0.1, 0.15) is 32.8 Å². The highest BCUT2D eigenvalue weighted by Crippen LogP contribution is 2.34. The predicted molar refractivity (Wildman–Crippen MR) is 111 cm³/mol. The summed E-state index contributed by atoms with van der Waals surface area (Å²) in [7, 11) is 0. The number of aryl methyl sites for hydroxylation is 1. The molecule has 2 aliphatic carbocycles. The molecule has 158 valence electrons. The maximum atomic E-state index is 12.0. The fraction of sp³-hybridized carbons (Fsp3) is 0.435. The number of carbonyl (C=O) groups is 1. The Hall–Kier alpha value is -2.24. The zero-order chi connectivity index (χ0) is 19.9. The number of benzene rings is 1. The van der Waals surface area contributed by atoms with Crippen LogP contribution in [-0.4, -0.2) is 37.7 Å². The van der Waals surface area contributed by atoms with Crippen LogP contribution in [0.15, 0.2) is 48.8 Å². The molecular weight excluding hydrogens is 390 g/mol. The number of ketones is 1. The molecule has 0 heterocycles. The number of nitrogens with one attached hydrogen (secondary N) is 1. The Morgan fingerprint density at radius 1 is 1.21 bits per heavy atom. The van der Waals surface area contributed by atoms with E-state index in [1.54, 1.807) is 12.2 Å². The van der Waals surface area contributed by atoms with Crippen LogP contribution in [0.3, 0.4) is 0 Å². The van der Waals surface area contributed by atoms with E-state index in [4.69, 9.17) is 14.2 Å². The van der Waals surface area contributed by atoms with Crippen LogP contribution in [0, 0.1) is 0 Å². The molecule has 1 aromatic carbocycles. The maximum absolute atomic E-state index is 12.0. The number of hydrogen-bond donors (Lipinski definition) is 1. The van der Waals surface area contributed by atoms with E-state index in [1.165, 1.54) is 17.4 Å². The molecule has 2 atom stereocenters. The van der Waals surface area contributed by atoms with E-state index in [1.807, 2.05) is 19.9 Å².